The molecule has 1 atom stereocenters. The van der Waals surface area contributed by atoms with Crippen molar-refractivity contribution in [1.82, 2.24) is 4.90 Å². The van der Waals surface area contributed by atoms with Gasteiger partial charge in [0.15, 0.2) is 0 Å². The molecule has 1 unspecified atom stereocenters. The quantitative estimate of drug-likeness (QED) is 0.301. The summed E-state index contributed by atoms with van der Waals surface area (Å²) >= 11 is 3.62. The van der Waals surface area contributed by atoms with Crippen LogP contribution in [0.25, 0.3) is 5.57 Å². The van der Waals surface area contributed by atoms with Gasteiger partial charge in [0.2, 0.25) is 0 Å². The maximum Gasteiger partial charge on any atom is 0.310 e. The van der Waals surface area contributed by atoms with E-state index in [-0.39, 0.29) is 11.9 Å². The molecule has 0 bridgehead atoms. The Morgan fingerprint density at radius 1 is 1.06 bits per heavy atom. The predicted molar refractivity (Wildman–Crippen MR) is 141 cm³/mol. The molecule has 34 heavy (non-hydrogen) atoms. The minimum atomic E-state index is -0.104. The van der Waals surface area contributed by atoms with Crippen LogP contribution in [0.3, 0.4) is 0 Å². The third kappa shape index (κ3) is 8.29. The minimum Gasteiger partial charge on any atom is -0.463 e. The first-order valence-corrected chi connectivity index (χ1v) is 13.9. The highest BCUT2D eigenvalue weighted by molar-refractivity contribution is 7.14. The van der Waals surface area contributed by atoms with Crippen molar-refractivity contribution < 1.29 is 19.0 Å². The van der Waals surface area contributed by atoms with Crippen molar-refractivity contribution in [3.8, 4) is 0 Å². The Labute approximate surface area is 211 Å². The monoisotopic (exact) mass is 506 g/mol. The van der Waals surface area contributed by atoms with Crippen LogP contribution in [-0.4, -0.2) is 70.1 Å². The van der Waals surface area contributed by atoms with Gasteiger partial charge in [-0.3, -0.25) is 4.79 Å². The lowest BCUT2D eigenvalue weighted by Gasteiger charge is -2.31. The Hall–Kier alpha value is -1.55. The average Bonchev–Trinajstić information content (AvgIpc) is 3.46. The Morgan fingerprint density at radius 3 is 2.32 bits per heavy atom. The Bertz CT molecular complexity index is 866. The molecule has 1 fully saturated rings. The van der Waals surface area contributed by atoms with Crippen LogP contribution in [0.2, 0.25) is 0 Å². The summed E-state index contributed by atoms with van der Waals surface area (Å²) in [6.07, 6.45) is 5.27. The molecule has 3 heterocycles. The Morgan fingerprint density at radius 2 is 1.71 bits per heavy atom. The highest BCUT2D eigenvalue weighted by Crippen LogP contribution is 2.35. The summed E-state index contributed by atoms with van der Waals surface area (Å²) in [7, 11) is 0. The van der Waals surface area contributed by atoms with Crippen molar-refractivity contribution in [2.75, 3.05) is 59.2 Å². The van der Waals surface area contributed by atoms with Crippen LogP contribution in [0.15, 0.2) is 29.0 Å². The number of nitrogens with zero attached hydrogens (tertiary/aromatic N) is 1. The van der Waals surface area contributed by atoms with E-state index in [1.807, 2.05) is 22.7 Å². The van der Waals surface area contributed by atoms with Gasteiger partial charge in [0.1, 0.15) is 6.61 Å². The zero-order chi connectivity index (χ0) is 24.2. The highest BCUT2D eigenvalue weighted by atomic mass is 32.1. The fourth-order valence-electron chi connectivity index (χ4n) is 4.15. The van der Waals surface area contributed by atoms with Crippen molar-refractivity contribution in [1.29, 1.82) is 0 Å². The zero-order valence-electron chi connectivity index (χ0n) is 20.4. The van der Waals surface area contributed by atoms with Gasteiger partial charge in [0, 0.05) is 35.0 Å². The molecule has 6 nitrogen and oxygen atoms in total. The average molecular weight is 507 g/mol. The van der Waals surface area contributed by atoms with Crippen LogP contribution < -0.4 is 5.73 Å². The van der Waals surface area contributed by atoms with Gasteiger partial charge in [-0.25, -0.2) is 0 Å². The van der Waals surface area contributed by atoms with E-state index in [9.17, 15) is 4.79 Å². The van der Waals surface area contributed by atoms with Gasteiger partial charge in [-0.2, -0.15) is 0 Å². The molecule has 1 saturated heterocycles. The molecule has 0 saturated carbocycles. The molecule has 0 aliphatic carbocycles. The number of nitrogens with two attached hydrogens (primary N) is 1. The molecule has 0 radical (unpaired) electrons. The number of esters is 1. The van der Waals surface area contributed by atoms with Gasteiger partial charge in [-0.15, -0.1) is 22.7 Å². The van der Waals surface area contributed by atoms with Gasteiger partial charge in [-0.1, -0.05) is 6.08 Å². The van der Waals surface area contributed by atoms with E-state index in [0.29, 0.717) is 39.6 Å². The highest BCUT2D eigenvalue weighted by Gasteiger charge is 2.26. The fraction of sp³-hybridized carbons (Fsp3) is 0.577. The van der Waals surface area contributed by atoms with Crippen molar-refractivity contribution in [3.05, 3.63) is 49.9 Å². The number of likely N-dealkylation sites (tertiary alicyclic amines) is 1. The van der Waals surface area contributed by atoms with Crippen molar-refractivity contribution >= 4 is 34.2 Å². The number of piperidine rings is 1. The molecule has 188 valence electrons. The number of carbonyl (C=O) groups excluding carboxylic acids is 1. The molecule has 0 amide bonds. The maximum absolute atomic E-state index is 12.5. The number of thiophene rings is 2. The van der Waals surface area contributed by atoms with E-state index in [4.69, 9.17) is 19.9 Å². The number of rotatable bonds is 14. The molecule has 2 N–H and O–H groups in total. The molecular formula is C26H38N2O4S2. The largest absolute Gasteiger partial charge is 0.463 e. The third-order valence-corrected chi connectivity index (χ3v) is 8.05. The smallest absolute Gasteiger partial charge is 0.310 e. The first-order valence-electron chi connectivity index (χ1n) is 12.1. The molecular weight excluding hydrogens is 468 g/mol. The first kappa shape index (κ1) is 27.0. The topological polar surface area (TPSA) is 74.0 Å². The van der Waals surface area contributed by atoms with Crippen LogP contribution >= 0.6 is 22.7 Å². The van der Waals surface area contributed by atoms with Crippen LogP contribution in [-0.2, 0) is 19.0 Å². The SMILES string of the molecule is Cc1ccsc1C(=CCCN1CCCC(C(=O)OCCOCCOCCN)C1)c1sccc1C. The standard InChI is InChI=1S/C26H38N2O4S2/c1-20-7-17-33-24(20)23(25-21(2)8-18-34-25)6-4-11-28-10-3-5-22(19-28)26(29)32-16-15-31-14-13-30-12-9-27/h6-8,17-18,22H,3-5,9-16,19,27H2,1-2H3. The van der Waals surface area contributed by atoms with Crippen molar-refractivity contribution in [2.45, 2.75) is 33.1 Å². The molecule has 2 aromatic heterocycles. The van der Waals surface area contributed by atoms with Crippen LogP contribution in [0.4, 0.5) is 0 Å². The van der Waals surface area contributed by atoms with Crippen LogP contribution in [0, 0.1) is 19.8 Å². The fourth-order valence-corrected chi connectivity index (χ4v) is 6.17. The van der Waals surface area contributed by atoms with E-state index in [2.05, 4.69) is 47.7 Å². The number of aryl methyl sites for hydroxylation is 2. The van der Waals surface area contributed by atoms with Crippen LogP contribution in [0.5, 0.6) is 0 Å². The van der Waals surface area contributed by atoms with Gasteiger partial charge in [0.25, 0.3) is 0 Å². The third-order valence-electron chi connectivity index (χ3n) is 5.95. The Balaban J connectivity index is 1.44. The molecule has 1 aliphatic rings. The molecule has 3 rings (SSSR count). The molecule has 0 aromatic carbocycles. The number of carbonyl (C=O) groups is 1. The van der Waals surface area contributed by atoms with E-state index >= 15 is 0 Å². The summed E-state index contributed by atoms with van der Waals surface area (Å²) in [6, 6.07) is 4.39. The molecule has 2 aromatic rings. The lowest BCUT2D eigenvalue weighted by atomic mass is 9.98. The lowest BCUT2D eigenvalue weighted by Crippen LogP contribution is -2.40. The summed E-state index contributed by atoms with van der Waals surface area (Å²) in [5.74, 6) is -0.156. The van der Waals surface area contributed by atoms with Gasteiger partial charge in [0.05, 0.1) is 32.3 Å². The zero-order valence-corrected chi connectivity index (χ0v) is 22.1. The molecule has 0 spiro atoms. The summed E-state index contributed by atoms with van der Waals surface area (Å²) < 4.78 is 16.1. The van der Waals surface area contributed by atoms with E-state index in [1.165, 1.54) is 26.5 Å². The second-order valence-electron chi connectivity index (χ2n) is 8.59. The van der Waals surface area contributed by atoms with Gasteiger partial charge >= 0.3 is 5.97 Å². The summed E-state index contributed by atoms with van der Waals surface area (Å²) in [4.78, 5) is 17.7. The van der Waals surface area contributed by atoms with E-state index < -0.39 is 0 Å². The minimum absolute atomic E-state index is 0.0517. The lowest BCUT2D eigenvalue weighted by molar-refractivity contribution is -0.152. The van der Waals surface area contributed by atoms with E-state index in [1.54, 1.807) is 0 Å². The van der Waals surface area contributed by atoms with Gasteiger partial charge < -0.3 is 24.8 Å². The second-order valence-corrected chi connectivity index (χ2v) is 10.4. The summed E-state index contributed by atoms with van der Waals surface area (Å²) in [5.41, 5.74) is 9.38. The van der Waals surface area contributed by atoms with Crippen LogP contribution in [0.1, 0.15) is 40.1 Å². The summed E-state index contributed by atoms with van der Waals surface area (Å²) in [5, 5.41) is 4.34. The molecule has 1 aliphatic heterocycles. The second kappa shape index (κ2) is 14.8. The first-order chi connectivity index (χ1) is 16.6. The number of hydrogen-bond donors (Lipinski definition) is 1. The summed E-state index contributed by atoms with van der Waals surface area (Å²) in [6.45, 7) is 9.86. The van der Waals surface area contributed by atoms with E-state index in [0.717, 1.165) is 38.9 Å². The maximum atomic E-state index is 12.5. The normalized spacial score (nSPS) is 16.5. The number of hydrogen-bond acceptors (Lipinski definition) is 8. The predicted octanol–water partition coefficient (Wildman–Crippen LogP) is 4.50. The Kier molecular flexibility index (Phi) is 11.7. The van der Waals surface area contributed by atoms with Gasteiger partial charge in [-0.05, 0) is 73.7 Å². The molecule has 8 heteroatoms. The number of ether oxygens (including phenoxy) is 3. The van der Waals surface area contributed by atoms with Crippen molar-refractivity contribution in [3.63, 3.8) is 0 Å². The van der Waals surface area contributed by atoms with Crippen molar-refractivity contribution in [2.24, 2.45) is 11.7 Å².